The summed E-state index contributed by atoms with van der Waals surface area (Å²) < 4.78 is 13.8. The molecule has 0 bridgehead atoms. The number of rotatable bonds is 5. The Morgan fingerprint density at radius 2 is 1.90 bits per heavy atom. The van der Waals surface area contributed by atoms with Crippen molar-refractivity contribution in [3.63, 3.8) is 0 Å². The maximum Gasteiger partial charge on any atom is 0.488 e. The van der Waals surface area contributed by atoms with Crippen molar-refractivity contribution in [1.29, 1.82) is 0 Å². The minimum atomic E-state index is -1.61. The fraction of sp³-hybridized carbons (Fsp3) is 0.571. The molecule has 0 saturated carbocycles. The van der Waals surface area contributed by atoms with Crippen LogP contribution in [0.15, 0.2) is 18.2 Å². The van der Waals surface area contributed by atoms with Gasteiger partial charge in [-0.05, 0) is 43.5 Å². The Hall–Kier alpha value is -0.945. The average molecular weight is 280 g/mol. The lowest BCUT2D eigenvalue weighted by molar-refractivity contribution is 0.153. The number of benzene rings is 1. The third-order valence-corrected chi connectivity index (χ3v) is 3.89. The summed E-state index contributed by atoms with van der Waals surface area (Å²) >= 11 is 0. The molecule has 0 atom stereocenters. The predicted molar refractivity (Wildman–Crippen MR) is 78.5 cm³/mol. The molecule has 6 heteroatoms. The normalized spacial score (nSPS) is 17.4. The van der Waals surface area contributed by atoms with Crippen LogP contribution in [-0.2, 0) is 6.42 Å². The topological polar surface area (TPSA) is 46.9 Å². The van der Waals surface area contributed by atoms with Crippen LogP contribution >= 0.6 is 0 Å². The van der Waals surface area contributed by atoms with Crippen LogP contribution in [0.3, 0.4) is 0 Å². The first-order valence-electron chi connectivity index (χ1n) is 7.11. The minimum Gasteiger partial charge on any atom is -0.423 e. The van der Waals surface area contributed by atoms with Gasteiger partial charge in [0.2, 0.25) is 0 Å². The summed E-state index contributed by atoms with van der Waals surface area (Å²) in [5, 5.41) is 18.0. The van der Waals surface area contributed by atoms with Gasteiger partial charge in [-0.2, -0.15) is 0 Å². The molecule has 2 N–H and O–H groups in total. The van der Waals surface area contributed by atoms with Crippen molar-refractivity contribution in [3.8, 4) is 0 Å². The molecular weight excluding hydrogens is 258 g/mol. The first kappa shape index (κ1) is 15.4. The number of nitrogens with zero attached hydrogens (tertiary/aromatic N) is 2. The number of hydrogen-bond acceptors (Lipinski definition) is 4. The van der Waals surface area contributed by atoms with E-state index in [4.69, 9.17) is 10.0 Å². The van der Waals surface area contributed by atoms with Crippen LogP contribution in [0, 0.1) is 5.82 Å². The summed E-state index contributed by atoms with van der Waals surface area (Å²) in [7, 11) is 0.521. The van der Waals surface area contributed by atoms with E-state index in [1.807, 2.05) is 0 Å². The Labute approximate surface area is 120 Å². The molecule has 0 radical (unpaired) electrons. The van der Waals surface area contributed by atoms with Crippen LogP contribution in [-0.4, -0.2) is 66.7 Å². The maximum absolute atomic E-state index is 13.8. The second kappa shape index (κ2) is 7.17. The van der Waals surface area contributed by atoms with Gasteiger partial charge in [0, 0.05) is 26.2 Å². The largest absolute Gasteiger partial charge is 0.488 e. The summed E-state index contributed by atoms with van der Waals surface area (Å²) in [6.07, 6.45) is 1.60. The van der Waals surface area contributed by atoms with Crippen molar-refractivity contribution in [1.82, 2.24) is 9.80 Å². The molecule has 1 aliphatic rings. The van der Waals surface area contributed by atoms with E-state index in [0.717, 1.165) is 39.1 Å². The summed E-state index contributed by atoms with van der Waals surface area (Å²) in [5.41, 5.74) is 0.842. The highest BCUT2D eigenvalue weighted by Crippen LogP contribution is 2.09. The van der Waals surface area contributed by atoms with Gasteiger partial charge in [-0.25, -0.2) is 4.39 Å². The van der Waals surface area contributed by atoms with Crippen molar-refractivity contribution in [2.24, 2.45) is 0 Å². The molecule has 110 valence electrons. The molecule has 1 heterocycles. The monoisotopic (exact) mass is 280 g/mol. The van der Waals surface area contributed by atoms with E-state index >= 15 is 0 Å². The van der Waals surface area contributed by atoms with Crippen LogP contribution in [0.5, 0.6) is 0 Å². The summed E-state index contributed by atoms with van der Waals surface area (Å²) in [4.78, 5) is 4.72. The Kier molecular flexibility index (Phi) is 5.54. The lowest BCUT2D eigenvalue weighted by Gasteiger charge is -2.32. The third kappa shape index (κ3) is 4.28. The fourth-order valence-corrected chi connectivity index (χ4v) is 2.49. The van der Waals surface area contributed by atoms with Crippen molar-refractivity contribution >= 4 is 12.6 Å². The Morgan fingerprint density at radius 1 is 1.20 bits per heavy atom. The SMILES string of the molecule is CN1CCN(CCCc2ccc(B(O)O)cc2F)CC1. The van der Waals surface area contributed by atoms with Gasteiger partial charge in [0.05, 0.1) is 0 Å². The quantitative estimate of drug-likeness (QED) is 0.726. The van der Waals surface area contributed by atoms with E-state index in [1.165, 1.54) is 6.07 Å². The fourth-order valence-electron chi connectivity index (χ4n) is 2.49. The first-order chi connectivity index (χ1) is 9.56. The highest BCUT2D eigenvalue weighted by Gasteiger charge is 2.15. The van der Waals surface area contributed by atoms with Crippen LogP contribution in [0.2, 0.25) is 0 Å². The zero-order valence-electron chi connectivity index (χ0n) is 11.9. The van der Waals surface area contributed by atoms with E-state index < -0.39 is 7.12 Å². The summed E-state index contributed by atoms with van der Waals surface area (Å²) in [6.45, 7) is 5.33. The third-order valence-electron chi connectivity index (χ3n) is 3.89. The number of likely N-dealkylation sites (N-methyl/N-ethyl adjacent to an activating group) is 1. The van der Waals surface area contributed by atoms with E-state index in [9.17, 15) is 4.39 Å². The molecule has 1 saturated heterocycles. The molecule has 1 aliphatic heterocycles. The predicted octanol–water partition coefficient (Wildman–Crippen LogP) is -0.315. The van der Waals surface area contributed by atoms with Gasteiger partial charge < -0.3 is 19.8 Å². The number of halogens is 1. The van der Waals surface area contributed by atoms with Gasteiger partial charge >= 0.3 is 7.12 Å². The van der Waals surface area contributed by atoms with Gasteiger partial charge in [0.25, 0.3) is 0 Å². The highest BCUT2D eigenvalue weighted by atomic mass is 19.1. The van der Waals surface area contributed by atoms with Crippen LogP contribution in [0.4, 0.5) is 4.39 Å². The minimum absolute atomic E-state index is 0.199. The second-order valence-electron chi connectivity index (χ2n) is 5.47. The van der Waals surface area contributed by atoms with Gasteiger partial charge in [0.15, 0.2) is 0 Å². The van der Waals surface area contributed by atoms with E-state index in [1.54, 1.807) is 12.1 Å². The second-order valence-corrected chi connectivity index (χ2v) is 5.47. The lowest BCUT2D eigenvalue weighted by Crippen LogP contribution is -2.44. The molecule has 4 nitrogen and oxygen atoms in total. The first-order valence-corrected chi connectivity index (χ1v) is 7.11. The van der Waals surface area contributed by atoms with Crippen molar-refractivity contribution in [2.45, 2.75) is 12.8 Å². The zero-order chi connectivity index (χ0) is 14.5. The van der Waals surface area contributed by atoms with Crippen LogP contribution < -0.4 is 5.46 Å². The molecule has 0 unspecified atom stereocenters. The number of aryl methyl sites for hydroxylation is 1. The van der Waals surface area contributed by atoms with Crippen LogP contribution in [0.25, 0.3) is 0 Å². The molecule has 0 aromatic heterocycles. The average Bonchev–Trinajstić information content (AvgIpc) is 2.42. The summed E-state index contributed by atoms with van der Waals surface area (Å²) in [5.74, 6) is -0.353. The molecule has 20 heavy (non-hydrogen) atoms. The van der Waals surface area contributed by atoms with E-state index in [-0.39, 0.29) is 11.3 Å². The number of piperazine rings is 1. The molecule has 0 amide bonds. The molecule has 1 aromatic carbocycles. The highest BCUT2D eigenvalue weighted by molar-refractivity contribution is 6.58. The maximum atomic E-state index is 13.8. The molecule has 1 fully saturated rings. The van der Waals surface area contributed by atoms with Gasteiger partial charge in [-0.3, -0.25) is 0 Å². The smallest absolute Gasteiger partial charge is 0.423 e. The molecule has 2 rings (SSSR count). The Balaban J connectivity index is 1.79. The molecule has 0 aliphatic carbocycles. The van der Waals surface area contributed by atoms with Gasteiger partial charge in [-0.15, -0.1) is 0 Å². The standard InChI is InChI=1S/C14H22BFN2O2/c1-17-7-9-18(10-8-17)6-2-3-12-4-5-13(15(19)20)11-14(12)16/h4-5,11,19-20H,2-3,6-10H2,1H3. The lowest BCUT2D eigenvalue weighted by atomic mass is 9.80. The van der Waals surface area contributed by atoms with Gasteiger partial charge in [0.1, 0.15) is 5.82 Å². The van der Waals surface area contributed by atoms with Crippen LogP contribution in [0.1, 0.15) is 12.0 Å². The van der Waals surface area contributed by atoms with Gasteiger partial charge in [-0.1, -0.05) is 12.1 Å². The van der Waals surface area contributed by atoms with Crippen molar-refractivity contribution in [2.75, 3.05) is 39.8 Å². The van der Waals surface area contributed by atoms with Crippen molar-refractivity contribution < 1.29 is 14.4 Å². The molecular formula is C14H22BFN2O2. The summed E-state index contributed by atoms with van der Waals surface area (Å²) in [6, 6.07) is 4.42. The number of hydrogen-bond donors (Lipinski definition) is 2. The molecule has 0 spiro atoms. The Bertz CT molecular complexity index is 437. The Morgan fingerprint density at radius 3 is 2.50 bits per heavy atom. The molecule has 1 aromatic rings. The van der Waals surface area contributed by atoms with Crippen molar-refractivity contribution in [3.05, 3.63) is 29.6 Å². The zero-order valence-corrected chi connectivity index (χ0v) is 11.9. The van der Waals surface area contributed by atoms with E-state index in [0.29, 0.717) is 12.0 Å². The van der Waals surface area contributed by atoms with E-state index in [2.05, 4.69) is 16.8 Å².